The second kappa shape index (κ2) is 16.6. The number of nitrogens with zero attached hydrogens (tertiary/aromatic N) is 3. The van der Waals surface area contributed by atoms with Gasteiger partial charge in [-0.2, -0.15) is 17.5 Å². The third-order valence-corrected chi connectivity index (χ3v) is 10.2. The Morgan fingerprint density at radius 2 is 1.73 bits per heavy atom. The lowest BCUT2D eigenvalue weighted by Crippen LogP contribution is -2.52. The molecule has 1 aliphatic carbocycles. The number of halogens is 4. The maximum atomic E-state index is 13.7. The third kappa shape index (κ3) is 10.1. The molecule has 0 bridgehead atoms. The fraction of sp³-hybridized carbons (Fsp3) is 0.594. The molecule has 1 aromatic carbocycles. The Morgan fingerprint density at radius 3 is 2.31 bits per heavy atom. The van der Waals surface area contributed by atoms with E-state index in [0.29, 0.717) is 37.0 Å². The number of pyridine rings is 1. The van der Waals surface area contributed by atoms with Crippen molar-refractivity contribution in [2.24, 2.45) is 0 Å². The number of benzene rings is 1. The van der Waals surface area contributed by atoms with Crippen LogP contribution >= 0.6 is 11.6 Å². The predicted molar refractivity (Wildman–Crippen MR) is 172 cm³/mol. The fourth-order valence-corrected chi connectivity index (χ4v) is 7.68. The van der Waals surface area contributed by atoms with Crippen molar-refractivity contribution in [3.05, 3.63) is 53.2 Å². The van der Waals surface area contributed by atoms with Crippen LogP contribution in [0.15, 0.2) is 36.4 Å². The van der Waals surface area contributed by atoms with Gasteiger partial charge in [-0.1, -0.05) is 12.1 Å². The van der Waals surface area contributed by atoms with Crippen LogP contribution in [0.4, 0.5) is 18.0 Å². The van der Waals surface area contributed by atoms with Gasteiger partial charge in [-0.05, 0) is 55.9 Å². The molecule has 2 heterocycles. The second-order valence-corrected chi connectivity index (χ2v) is 14.4. The van der Waals surface area contributed by atoms with Gasteiger partial charge in [0.25, 0.3) is 0 Å². The van der Waals surface area contributed by atoms with Crippen LogP contribution < -0.4 is 4.74 Å². The standard InChI is InChI=1S/C32H41ClF3N3O9S/c1-20(40)47-18-23-16-27(38(49(3,43)44)17-21-4-8-24(45-2)9-5-21)28(39(23)31(42)46-15-14-33)19-48-25-10-6-22(7-11-25)30-26(32(34,35)36)12-13-29(41)37-30/h4-5,8-9,12-13,22-23,25,27-28H,6-7,10-11,14-19H2,1-3H3,(H,37,41)/t22?,23-,25?,27-,28-/m0/s1. The van der Waals surface area contributed by atoms with E-state index in [1.54, 1.807) is 24.3 Å². The normalized spacial score (nSPS) is 23.0. The number of rotatable bonds is 13. The molecule has 1 saturated carbocycles. The first kappa shape index (κ1) is 38.5. The van der Waals surface area contributed by atoms with E-state index in [2.05, 4.69) is 4.98 Å². The highest BCUT2D eigenvalue weighted by Gasteiger charge is 2.50. The van der Waals surface area contributed by atoms with Crippen molar-refractivity contribution in [2.45, 2.75) is 81.9 Å². The van der Waals surface area contributed by atoms with E-state index in [-0.39, 0.29) is 44.4 Å². The lowest BCUT2D eigenvalue weighted by Gasteiger charge is -2.36. The topological polar surface area (TPSA) is 145 Å². The zero-order chi connectivity index (χ0) is 35.9. The molecule has 2 fully saturated rings. The van der Waals surface area contributed by atoms with Gasteiger partial charge in [0.05, 0.1) is 61.3 Å². The van der Waals surface area contributed by atoms with E-state index in [1.165, 1.54) is 23.2 Å². The lowest BCUT2D eigenvalue weighted by atomic mass is 9.83. The van der Waals surface area contributed by atoms with Crippen molar-refractivity contribution < 1.29 is 55.2 Å². The average Bonchev–Trinajstić information content (AvgIpc) is 3.41. The first-order valence-corrected chi connectivity index (χ1v) is 18.1. The Kier molecular flexibility index (Phi) is 13.0. The summed E-state index contributed by atoms with van der Waals surface area (Å²) in [5, 5.41) is 9.82. The zero-order valence-electron chi connectivity index (χ0n) is 27.4. The number of carbonyl (C=O) groups excluding carboxylic acids is 2. The van der Waals surface area contributed by atoms with Gasteiger partial charge in [0.2, 0.25) is 15.9 Å². The lowest BCUT2D eigenvalue weighted by molar-refractivity contribution is -0.142. The van der Waals surface area contributed by atoms with Crippen LogP contribution in [-0.4, -0.2) is 103 Å². The number of ether oxygens (including phenoxy) is 4. The highest BCUT2D eigenvalue weighted by molar-refractivity contribution is 7.88. The zero-order valence-corrected chi connectivity index (χ0v) is 29.0. The number of esters is 1. The highest BCUT2D eigenvalue weighted by Crippen LogP contribution is 2.41. The predicted octanol–water partition coefficient (Wildman–Crippen LogP) is 5.07. The Bertz CT molecular complexity index is 1540. The Labute approximate surface area is 288 Å². The number of aromatic nitrogens is 1. The second-order valence-electron chi connectivity index (χ2n) is 12.1. The smallest absolute Gasteiger partial charge is 0.418 e. The molecule has 1 aromatic heterocycles. The molecule has 1 N–H and O–H groups in total. The van der Waals surface area contributed by atoms with Crippen molar-refractivity contribution in [1.29, 1.82) is 0 Å². The first-order valence-electron chi connectivity index (χ1n) is 15.7. The minimum Gasteiger partial charge on any atom is -0.497 e. The number of alkyl halides is 4. The van der Waals surface area contributed by atoms with Gasteiger partial charge in [-0.25, -0.2) is 18.2 Å². The Balaban J connectivity index is 1.59. The fourth-order valence-electron chi connectivity index (χ4n) is 6.50. The number of aromatic hydroxyl groups is 1. The maximum absolute atomic E-state index is 13.7. The molecule has 3 atom stereocenters. The van der Waals surface area contributed by atoms with E-state index >= 15 is 0 Å². The van der Waals surface area contributed by atoms with E-state index in [1.807, 2.05) is 0 Å². The van der Waals surface area contributed by atoms with Crippen molar-refractivity contribution in [2.75, 3.05) is 39.1 Å². The summed E-state index contributed by atoms with van der Waals surface area (Å²) in [6.45, 7) is 0.694. The van der Waals surface area contributed by atoms with Crippen LogP contribution in [0.1, 0.15) is 61.8 Å². The maximum Gasteiger partial charge on any atom is 0.418 e. The molecule has 2 aliphatic rings. The number of methoxy groups -OCH3 is 1. The minimum atomic E-state index is -4.64. The highest BCUT2D eigenvalue weighted by atomic mass is 35.5. The van der Waals surface area contributed by atoms with Crippen molar-refractivity contribution in [1.82, 2.24) is 14.2 Å². The summed E-state index contributed by atoms with van der Waals surface area (Å²) in [4.78, 5) is 30.4. The molecule has 4 rings (SSSR count). The molecule has 1 amide bonds. The molecule has 0 radical (unpaired) electrons. The number of hydrogen-bond donors (Lipinski definition) is 1. The summed E-state index contributed by atoms with van der Waals surface area (Å²) in [6, 6.07) is 6.10. The van der Waals surface area contributed by atoms with Gasteiger partial charge in [0.1, 0.15) is 19.0 Å². The number of amides is 1. The first-order chi connectivity index (χ1) is 23.1. The molecular formula is C32H41ClF3N3O9S. The van der Waals surface area contributed by atoms with Crippen molar-refractivity contribution in [3.8, 4) is 11.6 Å². The monoisotopic (exact) mass is 735 g/mol. The summed E-state index contributed by atoms with van der Waals surface area (Å²) in [5.74, 6) is -1.05. The van der Waals surface area contributed by atoms with Crippen LogP contribution in [0.5, 0.6) is 11.6 Å². The van der Waals surface area contributed by atoms with Crippen molar-refractivity contribution in [3.63, 3.8) is 0 Å². The van der Waals surface area contributed by atoms with Crippen LogP contribution in [0, 0.1) is 0 Å². The van der Waals surface area contributed by atoms with Crippen LogP contribution in [0.2, 0.25) is 0 Å². The quantitative estimate of drug-likeness (QED) is 0.219. The molecule has 2 aromatic rings. The molecule has 1 aliphatic heterocycles. The summed E-state index contributed by atoms with van der Waals surface area (Å²) in [7, 11) is -2.39. The SMILES string of the molecule is COc1ccc(CN([C@H]2C[C@@H](COC(C)=O)N(C(=O)OCCCl)[C@H]2COC2CCC(c3nc(O)ccc3C(F)(F)F)CC2)S(C)(=O)=O)cc1. The molecular weight excluding hydrogens is 695 g/mol. The summed E-state index contributed by atoms with van der Waals surface area (Å²) < 4.78 is 91.2. The summed E-state index contributed by atoms with van der Waals surface area (Å²) in [6.07, 6.45) is -3.40. The van der Waals surface area contributed by atoms with Crippen LogP contribution in [0.3, 0.4) is 0 Å². The van der Waals surface area contributed by atoms with Gasteiger partial charge in [-0.15, -0.1) is 11.6 Å². The molecule has 49 heavy (non-hydrogen) atoms. The Morgan fingerprint density at radius 1 is 1.06 bits per heavy atom. The van der Waals surface area contributed by atoms with E-state index < -0.39 is 69.9 Å². The minimum absolute atomic E-state index is 0.0130. The van der Waals surface area contributed by atoms with Gasteiger partial charge >= 0.3 is 18.2 Å². The van der Waals surface area contributed by atoms with E-state index in [0.717, 1.165) is 18.4 Å². The third-order valence-electron chi connectivity index (χ3n) is 8.77. The molecule has 12 nitrogen and oxygen atoms in total. The van der Waals surface area contributed by atoms with Crippen LogP contribution in [-0.2, 0) is 41.7 Å². The molecule has 0 unspecified atom stereocenters. The summed E-state index contributed by atoms with van der Waals surface area (Å²) >= 11 is 5.77. The average molecular weight is 736 g/mol. The molecule has 17 heteroatoms. The van der Waals surface area contributed by atoms with E-state index in [4.69, 9.17) is 30.5 Å². The van der Waals surface area contributed by atoms with E-state index in [9.17, 15) is 36.3 Å². The van der Waals surface area contributed by atoms with Crippen LogP contribution in [0.25, 0.3) is 0 Å². The van der Waals surface area contributed by atoms with Crippen molar-refractivity contribution >= 4 is 33.7 Å². The largest absolute Gasteiger partial charge is 0.497 e. The summed E-state index contributed by atoms with van der Waals surface area (Å²) in [5.41, 5.74) is -0.459. The molecule has 272 valence electrons. The molecule has 0 spiro atoms. The number of sulfonamides is 1. The number of hydrogen-bond acceptors (Lipinski definition) is 10. The number of carbonyl (C=O) groups is 2. The van der Waals surface area contributed by atoms with Gasteiger partial charge in [0.15, 0.2) is 0 Å². The van der Waals surface area contributed by atoms with Gasteiger partial charge in [0, 0.05) is 25.5 Å². The van der Waals surface area contributed by atoms with Gasteiger partial charge < -0.3 is 24.1 Å². The number of likely N-dealkylation sites (tertiary alicyclic amines) is 1. The molecule has 1 saturated heterocycles. The Hall–Kier alpha value is -3.34. The van der Waals surface area contributed by atoms with Gasteiger partial charge in [-0.3, -0.25) is 9.69 Å².